The molecule has 2 unspecified atom stereocenters. The van der Waals surface area contributed by atoms with Crippen LogP contribution < -0.4 is 5.32 Å². The minimum atomic E-state index is -1.02. The molecule has 0 aliphatic heterocycles. The van der Waals surface area contributed by atoms with Crippen LogP contribution in [-0.2, 0) is 14.3 Å². The first-order valence-corrected chi connectivity index (χ1v) is 11.8. The highest BCUT2D eigenvalue weighted by molar-refractivity contribution is 5.86. The minimum Gasteiger partial charge on any atom is -0.481 e. The summed E-state index contributed by atoms with van der Waals surface area (Å²) in [6, 6.07) is 15.2. The van der Waals surface area contributed by atoms with Crippen molar-refractivity contribution in [2.45, 2.75) is 57.5 Å². The number of aliphatic carboxylic acids is 1. The van der Waals surface area contributed by atoms with Crippen LogP contribution in [0.15, 0.2) is 48.5 Å². The lowest BCUT2D eigenvalue weighted by Crippen LogP contribution is -2.51. The Morgan fingerprint density at radius 1 is 1.09 bits per heavy atom. The molecule has 1 saturated carbocycles. The predicted molar refractivity (Wildman–Crippen MR) is 128 cm³/mol. The van der Waals surface area contributed by atoms with E-state index < -0.39 is 18.1 Å². The molecule has 2 aliphatic carbocycles. The van der Waals surface area contributed by atoms with Gasteiger partial charge in [0.25, 0.3) is 0 Å². The molecule has 2 atom stereocenters. The Hall–Kier alpha value is -3.35. The maximum Gasteiger partial charge on any atom is 0.407 e. The fourth-order valence-electron chi connectivity index (χ4n) is 4.83. The molecule has 180 valence electrons. The fourth-order valence-corrected chi connectivity index (χ4v) is 4.83. The molecule has 34 heavy (non-hydrogen) atoms. The average molecular weight is 465 g/mol. The van der Waals surface area contributed by atoms with Gasteiger partial charge in [0.05, 0.1) is 0 Å². The Bertz CT molecular complexity index is 1050. The molecule has 0 saturated heterocycles. The molecule has 2 aromatic rings. The fraction of sp³-hybridized carbons (Fsp3) is 0.444. The van der Waals surface area contributed by atoms with Crippen LogP contribution in [0.1, 0.15) is 56.6 Å². The Labute approximate surface area is 200 Å². The molecule has 1 fully saturated rings. The van der Waals surface area contributed by atoms with Crippen LogP contribution in [0.25, 0.3) is 11.1 Å². The Morgan fingerprint density at radius 2 is 1.65 bits per heavy atom. The SMILES string of the molecule is CC(N(C)C(=O)C(CCC(=O)O)NC(=O)OCC1c2ccccc2-c2ccccc21)C1(C)CC1. The number of hydrogen-bond acceptors (Lipinski definition) is 4. The number of carbonyl (C=O) groups excluding carboxylic acids is 2. The van der Waals surface area contributed by atoms with Gasteiger partial charge in [0, 0.05) is 25.4 Å². The number of carboxylic acids is 1. The zero-order valence-corrected chi connectivity index (χ0v) is 19.9. The quantitative estimate of drug-likeness (QED) is 0.573. The standard InChI is InChI=1S/C27H32N2O5/c1-17(27(2)14-15-27)29(3)25(32)23(12-13-24(30)31)28-26(33)34-16-22-20-10-6-4-8-18(20)19-9-5-7-11-21(19)22/h4-11,17,22-23H,12-16H2,1-3H3,(H,28,33)(H,30,31). The summed E-state index contributed by atoms with van der Waals surface area (Å²) in [5.74, 6) is -1.41. The van der Waals surface area contributed by atoms with E-state index in [9.17, 15) is 14.4 Å². The first-order chi connectivity index (χ1) is 16.2. The molecule has 2 aliphatic rings. The van der Waals surface area contributed by atoms with E-state index in [1.807, 2.05) is 43.3 Å². The van der Waals surface area contributed by atoms with E-state index in [0.717, 1.165) is 35.1 Å². The second-order valence-electron chi connectivity index (χ2n) is 9.73. The van der Waals surface area contributed by atoms with E-state index in [-0.39, 0.29) is 42.7 Å². The highest BCUT2D eigenvalue weighted by Gasteiger charge is 2.46. The molecule has 4 rings (SSSR count). The van der Waals surface area contributed by atoms with Crippen molar-refractivity contribution < 1.29 is 24.2 Å². The van der Waals surface area contributed by atoms with Gasteiger partial charge >= 0.3 is 12.1 Å². The second kappa shape index (κ2) is 9.49. The second-order valence-corrected chi connectivity index (χ2v) is 9.73. The van der Waals surface area contributed by atoms with Crippen molar-refractivity contribution in [1.29, 1.82) is 0 Å². The summed E-state index contributed by atoms with van der Waals surface area (Å²) in [5, 5.41) is 11.8. The molecule has 7 nitrogen and oxygen atoms in total. The summed E-state index contributed by atoms with van der Waals surface area (Å²) in [7, 11) is 1.71. The maximum atomic E-state index is 13.2. The predicted octanol–water partition coefficient (Wildman–Crippen LogP) is 4.41. The molecule has 2 amide bonds. The molecule has 0 heterocycles. The van der Waals surface area contributed by atoms with Crippen molar-refractivity contribution in [3.05, 3.63) is 59.7 Å². The van der Waals surface area contributed by atoms with Crippen LogP contribution in [0.5, 0.6) is 0 Å². The number of carbonyl (C=O) groups is 3. The van der Waals surface area contributed by atoms with E-state index >= 15 is 0 Å². The third-order valence-electron chi connectivity index (χ3n) is 7.56. The summed E-state index contributed by atoms with van der Waals surface area (Å²) >= 11 is 0. The van der Waals surface area contributed by atoms with Crippen molar-refractivity contribution in [3.63, 3.8) is 0 Å². The Morgan fingerprint density at radius 3 is 2.18 bits per heavy atom. The van der Waals surface area contributed by atoms with Gasteiger partial charge in [-0.1, -0.05) is 55.5 Å². The van der Waals surface area contributed by atoms with Crippen LogP contribution in [0.3, 0.4) is 0 Å². The topological polar surface area (TPSA) is 95.9 Å². The number of benzene rings is 2. The number of ether oxygens (including phenoxy) is 1. The van der Waals surface area contributed by atoms with Gasteiger partial charge in [-0.25, -0.2) is 4.79 Å². The van der Waals surface area contributed by atoms with E-state index in [2.05, 4.69) is 24.4 Å². The third-order valence-corrected chi connectivity index (χ3v) is 7.56. The molecule has 2 N–H and O–H groups in total. The largest absolute Gasteiger partial charge is 0.481 e. The van der Waals surface area contributed by atoms with Crippen molar-refractivity contribution in [3.8, 4) is 11.1 Å². The Balaban J connectivity index is 1.43. The van der Waals surface area contributed by atoms with Crippen LogP contribution in [0.2, 0.25) is 0 Å². The number of likely N-dealkylation sites (N-methyl/N-ethyl adjacent to an activating group) is 1. The molecule has 0 spiro atoms. The van der Waals surface area contributed by atoms with E-state index in [1.165, 1.54) is 0 Å². The van der Waals surface area contributed by atoms with Gasteiger partial charge in [0.2, 0.25) is 5.91 Å². The molecule has 0 radical (unpaired) electrons. The van der Waals surface area contributed by atoms with Gasteiger partial charge in [-0.15, -0.1) is 0 Å². The van der Waals surface area contributed by atoms with Gasteiger partial charge in [-0.3, -0.25) is 9.59 Å². The number of fused-ring (bicyclic) bond motifs is 3. The molecular weight excluding hydrogens is 432 g/mol. The summed E-state index contributed by atoms with van der Waals surface area (Å²) < 4.78 is 5.58. The summed E-state index contributed by atoms with van der Waals surface area (Å²) in [6.07, 6.45) is 1.16. The highest BCUT2D eigenvalue weighted by atomic mass is 16.5. The van der Waals surface area contributed by atoms with Gasteiger partial charge < -0.3 is 20.1 Å². The van der Waals surface area contributed by atoms with E-state index in [0.29, 0.717) is 0 Å². The van der Waals surface area contributed by atoms with Crippen molar-refractivity contribution in [1.82, 2.24) is 10.2 Å². The maximum absolute atomic E-state index is 13.2. The zero-order chi connectivity index (χ0) is 24.5. The number of carboxylic acid groups (broad SMARTS) is 1. The van der Waals surface area contributed by atoms with Gasteiger partial charge in [-0.05, 0) is 53.9 Å². The normalized spacial score (nSPS) is 17.1. The zero-order valence-electron chi connectivity index (χ0n) is 19.9. The number of amides is 2. The molecule has 7 heteroatoms. The van der Waals surface area contributed by atoms with Crippen LogP contribution >= 0.6 is 0 Å². The first-order valence-electron chi connectivity index (χ1n) is 11.8. The minimum absolute atomic E-state index is 0.00311. The van der Waals surface area contributed by atoms with Gasteiger partial charge in [0.1, 0.15) is 12.6 Å². The molecule has 0 bridgehead atoms. The number of nitrogens with one attached hydrogen (secondary N) is 1. The number of nitrogens with zero attached hydrogens (tertiary/aromatic N) is 1. The molecular formula is C27H32N2O5. The lowest BCUT2D eigenvalue weighted by molar-refractivity contribution is -0.138. The van der Waals surface area contributed by atoms with E-state index in [1.54, 1.807) is 11.9 Å². The third kappa shape index (κ3) is 4.79. The molecule has 2 aromatic carbocycles. The number of alkyl carbamates (subject to hydrolysis) is 1. The van der Waals surface area contributed by atoms with E-state index in [4.69, 9.17) is 9.84 Å². The summed E-state index contributed by atoms with van der Waals surface area (Å²) in [6.45, 7) is 4.25. The summed E-state index contributed by atoms with van der Waals surface area (Å²) in [5.41, 5.74) is 4.53. The number of hydrogen-bond donors (Lipinski definition) is 2. The molecule has 0 aromatic heterocycles. The van der Waals surface area contributed by atoms with Crippen molar-refractivity contribution >= 4 is 18.0 Å². The summed E-state index contributed by atoms with van der Waals surface area (Å²) in [4.78, 5) is 38.7. The van der Waals surface area contributed by atoms with Gasteiger partial charge in [0.15, 0.2) is 0 Å². The van der Waals surface area contributed by atoms with Crippen LogP contribution in [0.4, 0.5) is 4.79 Å². The monoisotopic (exact) mass is 464 g/mol. The highest BCUT2D eigenvalue weighted by Crippen LogP contribution is 2.49. The smallest absolute Gasteiger partial charge is 0.407 e. The lowest BCUT2D eigenvalue weighted by atomic mass is 9.98. The Kier molecular flexibility index (Phi) is 6.64. The van der Waals surface area contributed by atoms with Crippen LogP contribution in [-0.4, -0.2) is 53.7 Å². The number of rotatable bonds is 9. The lowest BCUT2D eigenvalue weighted by Gasteiger charge is -2.33. The van der Waals surface area contributed by atoms with Crippen molar-refractivity contribution in [2.75, 3.05) is 13.7 Å². The van der Waals surface area contributed by atoms with Gasteiger partial charge in [-0.2, -0.15) is 0 Å². The first kappa shape index (κ1) is 23.8. The van der Waals surface area contributed by atoms with Crippen molar-refractivity contribution in [2.24, 2.45) is 5.41 Å². The van der Waals surface area contributed by atoms with Crippen LogP contribution in [0, 0.1) is 5.41 Å². The average Bonchev–Trinajstić information content (AvgIpc) is 3.51.